The van der Waals surface area contributed by atoms with E-state index in [1.54, 1.807) is 30.5 Å². The Balaban J connectivity index is 1.15. The standard InChI is InChI=1S/C34H39N6O9P/c1-20(30(42)44-17-21-11-6-5-7-12-21)39-50(43,48-24-16-10-14-22-13-8-9-15-23(22)24)45-18-25-27-34(4,49-33(2,3)47-27)31(46-25)40-19-36-26-28(40)37-32(35)38-29(26)41/h5-16,19-20,25,27,31-32,37H,17-18,35H2,1-4H3,(H,38,41)(H,39,43)/t20-,25+,27-,31+,32?,34?,50?/m0/s1. The van der Waals surface area contributed by atoms with Gasteiger partial charge in [0.15, 0.2) is 24.0 Å². The van der Waals surface area contributed by atoms with Crippen molar-refractivity contribution in [2.24, 2.45) is 5.73 Å². The molecule has 4 heterocycles. The number of rotatable bonds is 11. The fourth-order valence-corrected chi connectivity index (χ4v) is 8.08. The number of carbonyl (C=O) groups is 2. The van der Waals surface area contributed by atoms with E-state index in [2.05, 4.69) is 20.7 Å². The summed E-state index contributed by atoms with van der Waals surface area (Å²) in [6, 6.07) is 20.9. The van der Waals surface area contributed by atoms with Crippen LogP contribution in [0, 0.1) is 0 Å². The van der Waals surface area contributed by atoms with Crippen LogP contribution in [0.4, 0.5) is 5.82 Å². The predicted molar refractivity (Wildman–Crippen MR) is 181 cm³/mol. The highest BCUT2D eigenvalue weighted by Gasteiger charge is 2.65. The number of hydrogen-bond donors (Lipinski definition) is 4. The highest BCUT2D eigenvalue weighted by Crippen LogP contribution is 2.54. The maximum atomic E-state index is 14.7. The first-order chi connectivity index (χ1) is 23.8. The summed E-state index contributed by atoms with van der Waals surface area (Å²) in [6.45, 7) is 6.61. The van der Waals surface area contributed by atoms with Gasteiger partial charge in [0.2, 0.25) is 0 Å². The molecule has 3 aromatic carbocycles. The van der Waals surface area contributed by atoms with Crippen LogP contribution in [0.5, 0.6) is 5.75 Å². The SMILES string of the molecule is C[C@H](NP(=O)(OC[C@H]1O[C@@H](n2cnc3c2NC(N)NC3=O)C2(C)OC(C)(C)O[C@@H]12)Oc1cccc2ccccc12)C(=O)OCc1ccccc1. The summed E-state index contributed by atoms with van der Waals surface area (Å²) in [5.74, 6) is -1.50. The lowest BCUT2D eigenvalue weighted by Gasteiger charge is -2.32. The molecule has 3 aliphatic rings. The van der Waals surface area contributed by atoms with Crippen LogP contribution in [0.1, 0.15) is 50.0 Å². The lowest BCUT2D eigenvalue weighted by atomic mass is 9.96. The summed E-state index contributed by atoms with van der Waals surface area (Å²) >= 11 is 0. The number of fused-ring (bicyclic) bond motifs is 3. The quantitative estimate of drug-likeness (QED) is 0.129. The smallest absolute Gasteiger partial charge is 0.459 e. The van der Waals surface area contributed by atoms with Gasteiger partial charge in [0, 0.05) is 5.39 Å². The van der Waals surface area contributed by atoms with Gasteiger partial charge in [-0.2, -0.15) is 5.09 Å². The number of aromatic nitrogens is 2. The van der Waals surface area contributed by atoms with Crippen LogP contribution in [0.25, 0.3) is 10.8 Å². The van der Waals surface area contributed by atoms with E-state index >= 15 is 0 Å². The average molecular weight is 707 g/mol. The number of carbonyl (C=O) groups excluding carboxylic acids is 2. The number of nitrogens with two attached hydrogens (primary N) is 1. The van der Waals surface area contributed by atoms with Crippen LogP contribution in [0.3, 0.4) is 0 Å². The molecule has 0 radical (unpaired) electrons. The molecule has 3 unspecified atom stereocenters. The van der Waals surface area contributed by atoms with Crippen molar-refractivity contribution in [3.8, 4) is 5.75 Å². The largest absolute Gasteiger partial charge is 0.460 e. The number of ether oxygens (including phenoxy) is 4. The van der Waals surface area contributed by atoms with Gasteiger partial charge >= 0.3 is 13.7 Å². The molecule has 0 spiro atoms. The lowest BCUT2D eigenvalue weighted by molar-refractivity contribution is -0.217. The summed E-state index contributed by atoms with van der Waals surface area (Å²) in [6.07, 6.45) is -1.86. The molecule has 2 fully saturated rings. The number of imidazole rings is 1. The normalized spacial score (nSPS) is 27.0. The van der Waals surface area contributed by atoms with Crippen molar-refractivity contribution in [3.63, 3.8) is 0 Å². The van der Waals surface area contributed by atoms with E-state index in [9.17, 15) is 14.2 Å². The molecule has 15 nitrogen and oxygen atoms in total. The Morgan fingerprint density at radius 3 is 2.62 bits per heavy atom. The minimum absolute atomic E-state index is 0.0328. The highest BCUT2D eigenvalue weighted by atomic mass is 31.2. The summed E-state index contributed by atoms with van der Waals surface area (Å²) in [5, 5.41) is 9.91. The van der Waals surface area contributed by atoms with Crippen LogP contribution in [0.2, 0.25) is 0 Å². The van der Waals surface area contributed by atoms with Crippen molar-refractivity contribution in [1.29, 1.82) is 0 Å². The number of nitrogens with zero attached hydrogens (tertiary/aromatic N) is 2. The fourth-order valence-electron chi connectivity index (χ4n) is 6.56. The number of nitrogens with one attached hydrogen (secondary N) is 3. The van der Waals surface area contributed by atoms with E-state index in [0.29, 0.717) is 11.2 Å². The van der Waals surface area contributed by atoms with Crippen LogP contribution < -0.4 is 26.0 Å². The average Bonchev–Trinajstić information content (AvgIpc) is 3.69. The third-order valence-electron chi connectivity index (χ3n) is 8.72. The van der Waals surface area contributed by atoms with E-state index in [0.717, 1.165) is 10.9 Å². The zero-order valence-electron chi connectivity index (χ0n) is 27.9. The Morgan fingerprint density at radius 2 is 1.82 bits per heavy atom. The molecule has 264 valence electrons. The molecular formula is C34H39N6O9P. The topological polar surface area (TPSA) is 187 Å². The second-order valence-electron chi connectivity index (χ2n) is 13.0. The van der Waals surface area contributed by atoms with Crippen LogP contribution in [-0.4, -0.2) is 64.0 Å². The van der Waals surface area contributed by atoms with Crippen molar-refractivity contribution < 1.29 is 42.1 Å². The highest BCUT2D eigenvalue weighted by molar-refractivity contribution is 7.52. The third-order valence-corrected chi connectivity index (χ3v) is 10.3. The number of anilines is 1. The van der Waals surface area contributed by atoms with E-state index in [-0.39, 0.29) is 24.7 Å². The second kappa shape index (κ2) is 13.1. The molecular weight excluding hydrogens is 667 g/mol. The van der Waals surface area contributed by atoms with E-state index in [4.69, 9.17) is 33.7 Å². The van der Waals surface area contributed by atoms with Crippen molar-refractivity contribution in [3.05, 3.63) is 90.4 Å². The number of benzene rings is 3. The molecule has 0 bridgehead atoms. The maximum Gasteiger partial charge on any atom is 0.459 e. The second-order valence-corrected chi connectivity index (χ2v) is 14.7. The third kappa shape index (κ3) is 6.61. The molecule has 4 aromatic rings. The van der Waals surface area contributed by atoms with Gasteiger partial charge in [-0.25, -0.2) is 9.55 Å². The Kier molecular flexibility index (Phi) is 8.93. The molecule has 1 aromatic heterocycles. The monoisotopic (exact) mass is 706 g/mol. The molecule has 1 amide bonds. The first-order valence-corrected chi connectivity index (χ1v) is 17.7. The molecule has 5 N–H and O–H groups in total. The van der Waals surface area contributed by atoms with Crippen molar-refractivity contribution in [2.45, 2.75) is 76.5 Å². The first kappa shape index (κ1) is 34.1. The van der Waals surface area contributed by atoms with Gasteiger partial charge in [-0.1, -0.05) is 66.7 Å². The van der Waals surface area contributed by atoms with Gasteiger partial charge < -0.3 is 34.1 Å². The summed E-state index contributed by atoms with van der Waals surface area (Å²) < 4.78 is 53.3. The Hall–Kier alpha value is -4.34. The van der Waals surface area contributed by atoms with Gasteiger partial charge in [-0.05, 0) is 44.7 Å². The Morgan fingerprint density at radius 1 is 1.08 bits per heavy atom. The minimum Gasteiger partial charge on any atom is -0.460 e. The van der Waals surface area contributed by atoms with Gasteiger partial charge in [0.1, 0.15) is 42.0 Å². The van der Waals surface area contributed by atoms with E-state index in [1.165, 1.54) is 13.3 Å². The zero-order chi connectivity index (χ0) is 35.3. The van der Waals surface area contributed by atoms with Crippen LogP contribution in [0.15, 0.2) is 79.1 Å². The van der Waals surface area contributed by atoms with Crippen molar-refractivity contribution in [1.82, 2.24) is 20.0 Å². The molecule has 2 saturated heterocycles. The molecule has 50 heavy (non-hydrogen) atoms. The van der Waals surface area contributed by atoms with Crippen molar-refractivity contribution in [2.75, 3.05) is 11.9 Å². The zero-order valence-corrected chi connectivity index (χ0v) is 28.8. The summed E-state index contributed by atoms with van der Waals surface area (Å²) in [7, 11) is -4.34. The molecule has 0 aliphatic carbocycles. The summed E-state index contributed by atoms with van der Waals surface area (Å²) in [4.78, 5) is 29.9. The first-order valence-electron chi connectivity index (χ1n) is 16.2. The maximum absolute atomic E-state index is 14.7. The molecule has 7 atom stereocenters. The Labute approximate surface area is 288 Å². The van der Waals surface area contributed by atoms with E-state index < -0.39 is 61.8 Å². The molecule has 7 rings (SSSR count). The number of esters is 1. The van der Waals surface area contributed by atoms with Gasteiger partial charge in [0.25, 0.3) is 5.91 Å². The van der Waals surface area contributed by atoms with Crippen LogP contribution >= 0.6 is 7.75 Å². The molecule has 0 saturated carbocycles. The van der Waals surface area contributed by atoms with Crippen molar-refractivity contribution >= 4 is 36.2 Å². The Bertz CT molecular complexity index is 1950. The number of amides is 1. The fraction of sp³-hybridized carbons (Fsp3) is 0.382. The minimum atomic E-state index is -4.34. The number of hydrogen-bond acceptors (Lipinski definition) is 12. The molecule has 3 aliphatic heterocycles. The van der Waals surface area contributed by atoms with Crippen LogP contribution in [-0.2, 0) is 39.4 Å². The van der Waals surface area contributed by atoms with Gasteiger partial charge in [-0.3, -0.25) is 24.4 Å². The predicted octanol–water partition coefficient (Wildman–Crippen LogP) is 4.17. The van der Waals surface area contributed by atoms with E-state index in [1.807, 2.05) is 67.6 Å². The van der Waals surface area contributed by atoms with Gasteiger partial charge in [0.05, 0.1) is 12.9 Å². The van der Waals surface area contributed by atoms with Gasteiger partial charge in [-0.15, -0.1) is 0 Å². The lowest BCUT2D eigenvalue weighted by Crippen LogP contribution is -2.51. The summed E-state index contributed by atoms with van der Waals surface area (Å²) in [5.41, 5.74) is 5.81. The molecule has 16 heteroatoms.